The van der Waals surface area contributed by atoms with Crippen LogP contribution >= 0.6 is 23.5 Å². The quantitative estimate of drug-likeness (QED) is 0.209. The number of fused-ring (bicyclic) bond motifs is 1. The fourth-order valence-electron chi connectivity index (χ4n) is 4.44. The Morgan fingerprint density at radius 2 is 1.29 bits per heavy atom. The minimum absolute atomic E-state index is 0.208. The lowest BCUT2D eigenvalue weighted by Gasteiger charge is -2.41. The summed E-state index contributed by atoms with van der Waals surface area (Å²) in [6, 6.07) is 35.9. The van der Waals surface area contributed by atoms with Crippen LogP contribution < -0.4 is 4.90 Å². The van der Waals surface area contributed by atoms with Crippen molar-refractivity contribution in [3.8, 4) is 0 Å². The molecule has 1 aliphatic heterocycles. The molecule has 4 aromatic rings. The normalized spacial score (nSPS) is 15.6. The van der Waals surface area contributed by atoms with Gasteiger partial charge < -0.3 is 13.9 Å². The molecule has 0 aromatic heterocycles. The van der Waals surface area contributed by atoms with E-state index in [1.165, 1.54) is 5.56 Å². The summed E-state index contributed by atoms with van der Waals surface area (Å²) in [4.78, 5) is 2.17. The third kappa shape index (κ3) is 5.60. The van der Waals surface area contributed by atoms with Crippen LogP contribution in [0, 0.1) is 0 Å². The topological polar surface area (TPSA) is 38.8 Å². The number of hydrogen-bond donors (Lipinski definition) is 0. The van der Waals surface area contributed by atoms with Gasteiger partial charge in [-0.15, -0.1) is 0 Å². The second-order valence-corrected chi connectivity index (χ2v) is 11.6. The molecular formula is C29H27BrNO3P. The molecule has 1 heterocycles. The highest BCUT2D eigenvalue weighted by atomic mass is 79.9. The first-order chi connectivity index (χ1) is 17.1. The van der Waals surface area contributed by atoms with Gasteiger partial charge in [0.25, 0.3) is 0 Å². The van der Waals surface area contributed by atoms with E-state index < -0.39 is 13.4 Å². The van der Waals surface area contributed by atoms with E-state index in [0.29, 0.717) is 0 Å². The van der Waals surface area contributed by atoms with Crippen molar-refractivity contribution in [3.05, 3.63) is 136 Å². The number of rotatable bonds is 8. The van der Waals surface area contributed by atoms with Crippen LogP contribution in [0.3, 0.4) is 0 Å². The molecule has 0 bridgehead atoms. The molecular weight excluding hydrogens is 521 g/mol. The maximum atomic E-state index is 14.8. The van der Waals surface area contributed by atoms with E-state index in [1.807, 2.05) is 97.1 Å². The Morgan fingerprint density at radius 1 is 0.743 bits per heavy atom. The molecule has 0 aliphatic carbocycles. The summed E-state index contributed by atoms with van der Waals surface area (Å²) in [5.41, 5.74) is 5.06. The van der Waals surface area contributed by atoms with E-state index in [4.69, 9.17) is 9.05 Å². The Hall–Kier alpha value is -2.69. The molecule has 5 rings (SSSR count). The van der Waals surface area contributed by atoms with Crippen LogP contribution in [0.5, 0.6) is 0 Å². The van der Waals surface area contributed by atoms with Gasteiger partial charge in [-0.1, -0.05) is 101 Å². The van der Waals surface area contributed by atoms with Crippen molar-refractivity contribution in [2.24, 2.45) is 0 Å². The Morgan fingerprint density at radius 3 is 1.89 bits per heavy atom. The van der Waals surface area contributed by atoms with Crippen LogP contribution in [-0.4, -0.2) is 6.54 Å². The van der Waals surface area contributed by atoms with Gasteiger partial charge in [-0.3, -0.25) is 4.57 Å². The molecule has 178 valence electrons. The number of nitrogens with zero attached hydrogens (tertiary/aromatic N) is 1. The molecule has 1 aliphatic rings. The molecule has 0 saturated heterocycles. The largest absolute Gasteiger partial charge is 0.358 e. The zero-order valence-corrected chi connectivity index (χ0v) is 21.8. The fourth-order valence-corrected chi connectivity index (χ4v) is 6.91. The number of anilines is 1. The van der Waals surface area contributed by atoms with Crippen LogP contribution in [0.2, 0.25) is 0 Å². The number of benzene rings is 4. The highest BCUT2D eigenvalue weighted by molar-refractivity contribution is 9.10. The van der Waals surface area contributed by atoms with Gasteiger partial charge in [0.15, 0.2) is 5.78 Å². The summed E-state index contributed by atoms with van der Waals surface area (Å²) in [5, 5.41) is 0. The van der Waals surface area contributed by atoms with Crippen molar-refractivity contribution in [2.45, 2.75) is 25.4 Å². The monoisotopic (exact) mass is 547 g/mol. The van der Waals surface area contributed by atoms with Crippen LogP contribution in [-0.2, 0) is 33.2 Å². The average Bonchev–Trinajstić information content (AvgIpc) is 2.92. The van der Waals surface area contributed by atoms with Crippen molar-refractivity contribution in [1.82, 2.24) is 0 Å². The molecule has 1 unspecified atom stereocenters. The smallest absolute Gasteiger partial charge is 0.353 e. The van der Waals surface area contributed by atoms with Gasteiger partial charge in [0.05, 0.1) is 13.2 Å². The first-order valence-corrected chi connectivity index (χ1v) is 14.1. The van der Waals surface area contributed by atoms with Gasteiger partial charge in [0, 0.05) is 16.7 Å². The van der Waals surface area contributed by atoms with Crippen molar-refractivity contribution < 1.29 is 13.6 Å². The lowest BCUT2D eigenvalue weighted by Crippen LogP contribution is -2.36. The zero-order valence-electron chi connectivity index (χ0n) is 19.3. The summed E-state index contributed by atoms with van der Waals surface area (Å²) in [7, 11) is -3.68. The van der Waals surface area contributed by atoms with Crippen molar-refractivity contribution >= 4 is 29.2 Å². The van der Waals surface area contributed by atoms with Crippen molar-refractivity contribution in [1.29, 1.82) is 0 Å². The predicted molar refractivity (Wildman–Crippen MR) is 144 cm³/mol. The lowest BCUT2D eigenvalue weighted by molar-refractivity contribution is 0.182. The van der Waals surface area contributed by atoms with E-state index in [9.17, 15) is 4.57 Å². The van der Waals surface area contributed by atoms with Crippen LogP contribution in [0.15, 0.2) is 114 Å². The van der Waals surface area contributed by atoms with Crippen LogP contribution in [0.4, 0.5) is 5.69 Å². The number of hydrogen-bond acceptors (Lipinski definition) is 4. The second kappa shape index (κ2) is 10.9. The first-order valence-electron chi connectivity index (χ1n) is 11.7. The van der Waals surface area contributed by atoms with Crippen LogP contribution in [0.25, 0.3) is 0 Å². The van der Waals surface area contributed by atoms with Gasteiger partial charge in [-0.2, -0.15) is 0 Å². The van der Waals surface area contributed by atoms with E-state index in [-0.39, 0.29) is 13.2 Å². The minimum atomic E-state index is -3.68. The molecule has 0 N–H and O–H groups in total. The Balaban J connectivity index is 1.55. The molecule has 0 saturated carbocycles. The van der Waals surface area contributed by atoms with E-state index in [0.717, 1.165) is 39.8 Å². The van der Waals surface area contributed by atoms with E-state index in [2.05, 4.69) is 33.0 Å². The third-order valence-corrected chi connectivity index (χ3v) is 8.88. The van der Waals surface area contributed by atoms with E-state index in [1.54, 1.807) is 0 Å². The highest BCUT2D eigenvalue weighted by Crippen LogP contribution is 2.65. The SMILES string of the molecule is O=P(OCc1ccccc1)(OCc1ccccc1)C1c2ccccc2CCN1c1ccc(Br)cc1. The summed E-state index contributed by atoms with van der Waals surface area (Å²) < 4.78 is 28.4. The van der Waals surface area contributed by atoms with Gasteiger partial charge >= 0.3 is 7.60 Å². The van der Waals surface area contributed by atoms with Gasteiger partial charge in [0.2, 0.25) is 0 Å². The molecule has 0 fully saturated rings. The maximum absolute atomic E-state index is 14.8. The summed E-state index contributed by atoms with van der Waals surface area (Å²) in [6.07, 6.45) is 0.861. The highest BCUT2D eigenvalue weighted by Gasteiger charge is 2.44. The summed E-state index contributed by atoms with van der Waals surface area (Å²) >= 11 is 3.53. The fraction of sp³-hybridized carbons (Fsp3) is 0.172. The lowest BCUT2D eigenvalue weighted by atomic mass is 9.99. The molecule has 6 heteroatoms. The van der Waals surface area contributed by atoms with Gasteiger partial charge in [-0.25, -0.2) is 0 Å². The minimum Gasteiger partial charge on any atom is -0.353 e. The molecule has 0 spiro atoms. The summed E-state index contributed by atoms with van der Waals surface area (Å²) in [5.74, 6) is -0.555. The Kier molecular flexibility index (Phi) is 7.50. The molecule has 0 radical (unpaired) electrons. The molecule has 35 heavy (non-hydrogen) atoms. The van der Waals surface area contributed by atoms with Gasteiger partial charge in [0.1, 0.15) is 0 Å². The van der Waals surface area contributed by atoms with Gasteiger partial charge in [-0.05, 0) is 52.9 Å². The second-order valence-electron chi connectivity index (χ2n) is 8.55. The molecule has 4 nitrogen and oxygen atoms in total. The van der Waals surface area contributed by atoms with Crippen molar-refractivity contribution in [3.63, 3.8) is 0 Å². The number of halogens is 1. The predicted octanol–water partition coefficient (Wildman–Crippen LogP) is 8.14. The molecule has 0 amide bonds. The summed E-state index contributed by atoms with van der Waals surface area (Å²) in [6.45, 7) is 1.14. The maximum Gasteiger partial charge on any atom is 0.358 e. The van der Waals surface area contributed by atoms with Crippen LogP contribution in [0.1, 0.15) is 28.0 Å². The first kappa shape index (κ1) is 24.0. The molecule has 1 atom stereocenters. The standard InChI is InChI=1S/C29H27BrNO3P/c30-26-15-17-27(18-16-26)31-20-19-25-13-7-8-14-28(25)29(31)35(32,33-21-23-9-3-1-4-10-23)34-22-24-11-5-2-6-12-24/h1-18,29H,19-22H2. The zero-order chi connectivity index (χ0) is 24.1. The average molecular weight is 548 g/mol. The third-order valence-electron chi connectivity index (χ3n) is 6.22. The Labute approximate surface area is 215 Å². The van der Waals surface area contributed by atoms with Crippen molar-refractivity contribution in [2.75, 3.05) is 11.4 Å². The molecule has 4 aromatic carbocycles. The van der Waals surface area contributed by atoms with E-state index >= 15 is 0 Å². The Bertz CT molecular complexity index is 1250.